The number of aromatic nitrogens is 1. The average Bonchev–Trinajstić information content (AvgIpc) is 3.11. The molecule has 0 atom stereocenters. The summed E-state index contributed by atoms with van der Waals surface area (Å²) in [5.74, 6) is 0. The number of hydrogen-bond donors (Lipinski definition) is 0. The van der Waals surface area contributed by atoms with Gasteiger partial charge < -0.3 is 9.64 Å². The second kappa shape index (κ2) is 5.28. The van der Waals surface area contributed by atoms with Crippen LogP contribution in [0.1, 0.15) is 39.2 Å². The molecule has 1 fully saturated rings. The van der Waals surface area contributed by atoms with Gasteiger partial charge in [-0.1, -0.05) is 0 Å². The van der Waals surface area contributed by atoms with Crippen LogP contribution in [0.4, 0.5) is 10.5 Å². The van der Waals surface area contributed by atoms with Crippen molar-refractivity contribution in [3.63, 3.8) is 0 Å². The molecule has 0 N–H and O–H groups in total. The number of aliphatic imine (C=N–C) groups is 1. The Labute approximate surface area is 145 Å². The Bertz CT molecular complexity index is 826. The quantitative estimate of drug-likeness (QED) is 0.717. The fraction of sp³-hybridized carbons (Fsp3) is 0.500. The van der Waals surface area contributed by atoms with Crippen molar-refractivity contribution < 1.29 is 9.53 Å². The number of ether oxygens (including phenoxy) is 1. The fourth-order valence-electron chi connectivity index (χ4n) is 3.56. The van der Waals surface area contributed by atoms with Gasteiger partial charge in [0.05, 0.1) is 21.4 Å². The fourth-order valence-corrected chi connectivity index (χ4v) is 4.50. The van der Waals surface area contributed by atoms with E-state index in [0.29, 0.717) is 13.1 Å². The zero-order chi connectivity index (χ0) is 16.9. The Hall–Kier alpha value is -1.95. The van der Waals surface area contributed by atoms with Gasteiger partial charge in [-0.25, -0.2) is 9.78 Å². The van der Waals surface area contributed by atoms with Crippen molar-refractivity contribution >= 4 is 39.5 Å². The molecule has 6 heteroatoms. The van der Waals surface area contributed by atoms with Gasteiger partial charge in [0.15, 0.2) is 0 Å². The van der Waals surface area contributed by atoms with Gasteiger partial charge in [-0.15, -0.1) is 11.3 Å². The monoisotopic (exact) mass is 343 g/mol. The summed E-state index contributed by atoms with van der Waals surface area (Å²) >= 11 is 1.68. The molecule has 2 aliphatic heterocycles. The van der Waals surface area contributed by atoms with Crippen molar-refractivity contribution in [3.8, 4) is 0 Å². The number of carbonyl (C=O) groups is 1. The van der Waals surface area contributed by atoms with E-state index in [-0.39, 0.29) is 11.5 Å². The van der Waals surface area contributed by atoms with E-state index in [1.54, 1.807) is 11.3 Å². The van der Waals surface area contributed by atoms with Gasteiger partial charge in [0.25, 0.3) is 0 Å². The zero-order valence-electron chi connectivity index (χ0n) is 14.2. The van der Waals surface area contributed by atoms with Gasteiger partial charge in [0.2, 0.25) is 0 Å². The Balaban J connectivity index is 1.58. The van der Waals surface area contributed by atoms with E-state index in [2.05, 4.69) is 22.3 Å². The lowest BCUT2D eigenvalue weighted by atomic mass is 9.74. The predicted molar refractivity (Wildman–Crippen MR) is 96.5 cm³/mol. The lowest BCUT2D eigenvalue weighted by Crippen LogP contribution is -2.46. The summed E-state index contributed by atoms with van der Waals surface area (Å²) in [6.07, 6.45) is 3.62. The molecular weight excluding hydrogens is 322 g/mol. The second-order valence-electron chi connectivity index (χ2n) is 7.54. The first kappa shape index (κ1) is 15.6. The summed E-state index contributed by atoms with van der Waals surface area (Å²) in [5, 5.41) is 0. The molecule has 0 saturated carbocycles. The number of amides is 1. The molecule has 3 heterocycles. The number of fused-ring (bicyclic) bond motifs is 4. The second-order valence-corrected chi connectivity index (χ2v) is 8.40. The van der Waals surface area contributed by atoms with E-state index in [1.165, 1.54) is 10.3 Å². The summed E-state index contributed by atoms with van der Waals surface area (Å²) < 4.78 is 6.73. The molecule has 1 amide bonds. The normalized spacial score (nSPS) is 19.0. The Morgan fingerprint density at radius 3 is 2.75 bits per heavy atom. The molecule has 1 aromatic heterocycles. The van der Waals surface area contributed by atoms with Crippen LogP contribution in [0.15, 0.2) is 22.6 Å². The molecule has 24 heavy (non-hydrogen) atoms. The molecule has 0 unspecified atom stereocenters. The zero-order valence-corrected chi connectivity index (χ0v) is 15.0. The maximum atomic E-state index is 12.3. The lowest BCUT2D eigenvalue weighted by molar-refractivity contribution is 0.0192. The summed E-state index contributed by atoms with van der Waals surface area (Å²) in [6, 6.07) is 4.10. The van der Waals surface area contributed by atoms with Crippen LogP contribution in [0.3, 0.4) is 0 Å². The van der Waals surface area contributed by atoms with Crippen LogP contribution in [0, 0.1) is 0 Å². The summed E-state index contributed by atoms with van der Waals surface area (Å²) in [4.78, 5) is 23.2. The maximum absolute atomic E-state index is 12.3. The number of rotatable bonds is 0. The van der Waals surface area contributed by atoms with Crippen LogP contribution in [-0.4, -0.2) is 40.9 Å². The highest BCUT2D eigenvalue weighted by Crippen LogP contribution is 2.48. The smallest absolute Gasteiger partial charge is 0.410 e. The summed E-state index contributed by atoms with van der Waals surface area (Å²) in [7, 11) is 0. The third kappa shape index (κ3) is 2.49. The van der Waals surface area contributed by atoms with E-state index in [9.17, 15) is 4.79 Å². The van der Waals surface area contributed by atoms with Crippen molar-refractivity contribution in [1.29, 1.82) is 0 Å². The minimum atomic E-state index is -0.456. The van der Waals surface area contributed by atoms with Crippen LogP contribution in [0.5, 0.6) is 0 Å². The number of nitrogens with zero attached hydrogens (tertiary/aromatic N) is 3. The largest absolute Gasteiger partial charge is 0.444 e. The summed E-state index contributed by atoms with van der Waals surface area (Å²) in [6.45, 7) is 7.08. The Morgan fingerprint density at radius 1 is 1.29 bits per heavy atom. The molecule has 1 spiro atoms. The standard InChI is InChI=1S/C18H21N3O2S/c1-17(2,3)23-16(22)21-8-6-18(7-9-21)10-19-12-4-5-13-15(14(12)18)24-11-20-13/h4-5,10-11H,6-9H2,1-3H3. The SMILES string of the molecule is CC(C)(C)OC(=O)N1CCC2(C=Nc3ccc4ncsc4c32)CC1. The first-order chi connectivity index (χ1) is 11.4. The molecule has 0 bridgehead atoms. The van der Waals surface area contributed by atoms with Gasteiger partial charge in [-0.05, 0) is 45.7 Å². The Kier molecular flexibility index (Phi) is 3.42. The van der Waals surface area contributed by atoms with Gasteiger partial charge in [-0.2, -0.15) is 0 Å². The van der Waals surface area contributed by atoms with Crippen molar-refractivity contribution in [2.45, 2.75) is 44.6 Å². The number of piperidine rings is 1. The molecule has 126 valence electrons. The van der Waals surface area contributed by atoms with Gasteiger partial charge in [0, 0.05) is 30.3 Å². The predicted octanol–water partition coefficient (Wildman–Crippen LogP) is 4.28. The molecule has 2 aliphatic rings. The number of likely N-dealkylation sites (tertiary alicyclic amines) is 1. The Morgan fingerprint density at radius 2 is 2.04 bits per heavy atom. The number of carbonyl (C=O) groups excluding carboxylic acids is 1. The van der Waals surface area contributed by atoms with E-state index in [1.807, 2.05) is 37.2 Å². The first-order valence-electron chi connectivity index (χ1n) is 8.28. The number of benzene rings is 1. The highest BCUT2D eigenvalue weighted by Gasteiger charge is 2.42. The molecule has 0 radical (unpaired) electrons. The highest BCUT2D eigenvalue weighted by atomic mass is 32.1. The molecule has 1 aromatic carbocycles. The van der Waals surface area contributed by atoms with E-state index in [4.69, 9.17) is 4.74 Å². The highest BCUT2D eigenvalue weighted by molar-refractivity contribution is 7.17. The maximum Gasteiger partial charge on any atom is 0.410 e. The molecular formula is C18H21N3O2S. The minimum Gasteiger partial charge on any atom is -0.444 e. The van der Waals surface area contributed by atoms with Crippen molar-refractivity contribution in [2.24, 2.45) is 4.99 Å². The minimum absolute atomic E-state index is 0.0696. The number of hydrogen-bond acceptors (Lipinski definition) is 5. The van der Waals surface area contributed by atoms with Gasteiger partial charge >= 0.3 is 6.09 Å². The lowest BCUT2D eigenvalue weighted by Gasteiger charge is -2.38. The number of thiazole rings is 1. The molecule has 1 saturated heterocycles. The first-order valence-corrected chi connectivity index (χ1v) is 9.16. The molecule has 5 nitrogen and oxygen atoms in total. The van der Waals surface area contributed by atoms with Crippen LogP contribution in [0.25, 0.3) is 10.2 Å². The van der Waals surface area contributed by atoms with Gasteiger partial charge in [0.1, 0.15) is 5.60 Å². The third-order valence-electron chi connectivity index (χ3n) is 4.73. The van der Waals surface area contributed by atoms with Gasteiger partial charge in [-0.3, -0.25) is 4.99 Å². The van der Waals surface area contributed by atoms with Crippen molar-refractivity contribution in [2.75, 3.05) is 13.1 Å². The molecule has 2 aromatic rings. The van der Waals surface area contributed by atoms with Crippen molar-refractivity contribution in [3.05, 3.63) is 23.2 Å². The van der Waals surface area contributed by atoms with Crippen LogP contribution < -0.4 is 0 Å². The van der Waals surface area contributed by atoms with Crippen LogP contribution >= 0.6 is 11.3 Å². The molecule has 4 rings (SSSR count). The van der Waals surface area contributed by atoms with E-state index < -0.39 is 5.60 Å². The van der Waals surface area contributed by atoms with Crippen LogP contribution in [-0.2, 0) is 10.2 Å². The third-order valence-corrected chi connectivity index (χ3v) is 5.59. The summed E-state index contributed by atoms with van der Waals surface area (Å²) in [5.41, 5.74) is 4.76. The molecule has 0 aliphatic carbocycles. The van der Waals surface area contributed by atoms with Crippen LogP contribution in [0.2, 0.25) is 0 Å². The average molecular weight is 343 g/mol. The van der Waals surface area contributed by atoms with Crippen molar-refractivity contribution in [1.82, 2.24) is 9.88 Å². The van der Waals surface area contributed by atoms with E-state index in [0.717, 1.165) is 24.0 Å². The van der Waals surface area contributed by atoms with E-state index >= 15 is 0 Å². The topological polar surface area (TPSA) is 54.8 Å².